The van der Waals surface area contributed by atoms with Gasteiger partial charge in [-0.3, -0.25) is 0 Å². The summed E-state index contributed by atoms with van der Waals surface area (Å²) in [5, 5.41) is 0. The normalized spacial score (nSPS) is 9.30. The molecule has 0 heterocycles. The smallest absolute Gasteiger partial charge is 0.0844 e. The zero-order valence-electron chi connectivity index (χ0n) is 7.48. The van der Waals surface area contributed by atoms with Gasteiger partial charge in [0.15, 0.2) is 0 Å². The first-order valence-electron chi connectivity index (χ1n) is 3.43. The van der Waals surface area contributed by atoms with Crippen LogP contribution in [-0.4, -0.2) is 12.1 Å². The maximum Gasteiger partial charge on any atom is 0.0844 e. The van der Waals surface area contributed by atoms with E-state index in [1.54, 1.807) is 0 Å². The van der Waals surface area contributed by atoms with Crippen molar-refractivity contribution in [1.82, 2.24) is 0 Å². The van der Waals surface area contributed by atoms with Gasteiger partial charge in [0.05, 0.1) is 12.9 Å². The zero-order valence-corrected chi connectivity index (χ0v) is 7.48. The maximum atomic E-state index is 5.35. The average molecular weight is 145 g/mol. The first kappa shape index (κ1) is 12.2. The van der Waals surface area contributed by atoms with Gasteiger partial charge in [-0.25, -0.2) is 0 Å². The summed E-state index contributed by atoms with van der Waals surface area (Å²) in [6, 6.07) is 0. The predicted molar refractivity (Wildman–Crippen MR) is 45.8 cm³/mol. The Hall–Kier alpha value is -0.500. The van der Waals surface area contributed by atoms with Gasteiger partial charge in [-0.15, -0.1) is 0 Å². The highest BCUT2D eigenvalue weighted by molar-refractivity contribution is 4.60. The van der Waals surface area contributed by atoms with E-state index in [0.717, 1.165) is 6.61 Å². The van der Waals surface area contributed by atoms with Crippen LogP contribution in [0.25, 0.3) is 0 Å². The Morgan fingerprint density at radius 2 is 1.80 bits per heavy atom. The number of hydrogen-bond donors (Lipinski definition) is 1. The van der Waals surface area contributed by atoms with Crippen LogP contribution in [-0.2, 0) is 4.74 Å². The summed E-state index contributed by atoms with van der Waals surface area (Å²) in [6.45, 7) is 11.9. The summed E-state index contributed by atoms with van der Waals surface area (Å²) in [6.07, 6.45) is 1.43. The molecule has 0 spiro atoms. The van der Waals surface area contributed by atoms with Gasteiger partial charge in [0, 0.05) is 5.54 Å². The second kappa shape index (κ2) is 6.62. The van der Waals surface area contributed by atoms with Crippen LogP contribution in [0.2, 0.25) is 0 Å². The van der Waals surface area contributed by atoms with Crippen LogP contribution in [0.5, 0.6) is 0 Å². The van der Waals surface area contributed by atoms with E-state index in [1.807, 2.05) is 27.7 Å². The first-order valence-corrected chi connectivity index (χ1v) is 3.43. The van der Waals surface area contributed by atoms with Crippen molar-refractivity contribution in [2.24, 2.45) is 5.73 Å². The molecule has 0 rings (SSSR count). The summed E-state index contributed by atoms with van der Waals surface area (Å²) < 4.78 is 4.60. The van der Waals surface area contributed by atoms with Crippen molar-refractivity contribution in [3.05, 3.63) is 12.8 Å². The van der Waals surface area contributed by atoms with E-state index in [1.165, 1.54) is 6.26 Å². The minimum absolute atomic E-state index is 0. The Kier molecular flexibility index (Phi) is 8.07. The molecule has 0 unspecified atom stereocenters. The molecule has 0 aliphatic carbocycles. The van der Waals surface area contributed by atoms with E-state index in [0.29, 0.717) is 0 Å². The van der Waals surface area contributed by atoms with Gasteiger partial charge in [-0.1, -0.05) is 6.58 Å². The molecule has 10 heavy (non-hydrogen) atoms. The van der Waals surface area contributed by atoms with Gasteiger partial charge in [0.25, 0.3) is 0 Å². The van der Waals surface area contributed by atoms with Crippen LogP contribution >= 0.6 is 0 Å². The Morgan fingerprint density at radius 1 is 1.50 bits per heavy atom. The van der Waals surface area contributed by atoms with E-state index < -0.39 is 0 Å². The molecule has 2 heteroatoms. The number of ether oxygens (including phenoxy) is 1. The standard InChI is InChI=1S/C4H11N.C4H8O/c1-4(2,3)5;1-3-5-4-2/h5H2,1-3H3;3H,1,4H2,2H3. The largest absolute Gasteiger partial charge is 0.502 e. The molecule has 0 aromatic rings. The van der Waals surface area contributed by atoms with Crippen molar-refractivity contribution in [1.29, 1.82) is 0 Å². The Bertz CT molecular complexity index is 67.8. The number of nitrogens with two attached hydrogens (primary N) is 1. The van der Waals surface area contributed by atoms with Crippen molar-refractivity contribution >= 4 is 0 Å². The van der Waals surface area contributed by atoms with Crippen molar-refractivity contribution in [3.63, 3.8) is 0 Å². The minimum atomic E-state index is 0. The fourth-order valence-corrected chi connectivity index (χ4v) is 0.118. The molecule has 0 aliphatic rings. The molecule has 0 radical (unpaired) electrons. The first-order chi connectivity index (χ1) is 4.41. The SMILES string of the molecule is C=COCC.CC(C)(C)N. The summed E-state index contributed by atoms with van der Waals surface area (Å²) >= 11 is 0. The van der Waals surface area contributed by atoms with E-state index in [9.17, 15) is 0 Å². The van der Waals surface area contributed by atoms with Gasteiger partial charge >= 0.3 is 0 Å². The number of rotatable bonds is 2. The van der Waals surface area contributed by atoms with E-state index >= 15 is 0 Å². The molecule has 0 aromatic heterocycles. The highest BCUT2D eigenvalue weighted by atomic mass is 16.5. The molecule has 2 nitrogen and oxygen atoms in total. The second-order valence-corrected chi connectivity index (χ2v) is 2.99. The highest BCUT2D eigenvalue weighted by Crippen LogP contribution is 1.88. The quantitative estimate of drug-likeness (QED) is 0.602. The third-order valence-corrected chi connectivity index (χ3v) is 0.285. The van der Waals surface area contributed by atoms with Crippen LogP contribution in [0, 0.1) is 0 Å². The van der Waals surface area contributed by atoms with Crippen molar-refractivity contribution < 1.29 is 4.74 Å². The molecular formula is C8H19NO. The van der Waals surface area contributed by atoms with Crippen molar-refractivity contribution in [3.8, 4) is 0 Å². The lowest BCUT2D eigenvalue weighted by atomic mass is 10.1. The third kappa shape index (κ3) is 141. The van der Waals surface area contributed by atoms with Crippen LogP contribution in [0.1, 0.15) is 27.7 Å². The third-order valence-electron chi connectivity index (χ3n) is 0.285. The summed E-state index contributed by atoms with van der Waals surface area (Å²) in [4.78, 5) is 0. The highest BCUT2D eigenvalue weighted by Gasteiger charge is 1.95. The molecule has 62 valence electrons. The maximum absolute atomic E-state index is 5.35. The van der Waals surface area contributed by atoms with Gasteiger partial charge in [0.1, 0.15) is 0 Å². The molecule has 0 saturated heterocycles. The lowest BCUT2D eigenvalue weighted by molar-refractivity contribution is 0.270. The molecule has 0 bridgehead atoms. The number of hydrogen-bond acceptors (Lipinski definition) is 2. The molecule has 0 amide bonds. The van der Waals surface area contributed by atoms with Gasteiger partial charge in [0.2, 0.25) is 0 Å². The van der Waals surface area contributed by atoms with E-state index in [2.05, 4.69) is 11.3 Å². The second-order valence-electron chi connectivity index (χ2n) is 2.99. The predicted octanol–water partition coefficient (Wildman–Crippen LogP) is 1.91. The fraction of sp³-hybridized carbons (Fsp3) is 0.750. The van der Waals surface area contributed by atoms with Gasteiger partial charge < -0.3 is 10.5 Å². The van der Waals surface area contributed by atoms with E-state index in [4.69, 9.17) is 5.73 Å². The average Bonchev–Trinajstić information content (AvgIpc) is 1.63. The fourth-order valence-electron chi connectivity index (χ4n) is 0.118. The van der Waals surface area contributed by atoms with Crippen LogP contribution < -0.4 is 5.73 Å². The van der Waals surface area contributed by atoms with E-state index in [-0.39, 0.29) is 5.54 Å². The lowest BCUT2D eigenvalue weighted by Gasteiger charge is -2.06. The summed E-state index contributed by atoms with van der Waals surface area (Å²) in [5.74, 6) is 0. The molecule has 0 fully saturated rings. The van der Waals surface area contributed by atoms with Gasteiger partial charge in [-0.05, 0) is 27.7 Å². The molecule has 0 saturated carbocycles. The lowest BCUT2D eigenvalue weighted by Crippen LogP contribution is -2.26. The topological polar surface area (TPSA) is 35.2 Å². The molecular weight excluding hydrogens is 126 g/mol. The summed E-state index contributed by atoms with van der Waals surface area (Å²) in [5.41, 5.74) is 5.35. The Labute approximate surface area is 64.1 Å². The monoisotopic (exact) mass is 145 g/mol. The summed E-state index contributed by atoms with van der Waals surface area (Å²) in [7, 11) is 0. The zero-order chi connectivity index (χ0) is 8.62. The van der Waals surface area contributed by atoms with Crippen LogP contribution in [0.3, 0.4) is 0 Å². The van der Waals surface area contributed by atoms with Crippen LogP contribution in [0.4, 0.5) is 0 Å². The molecule has 0 aliphatic heterocycles. The van der Waals surface area contributed by atoms with Crippen molar-refractivity contribution in [2.75, 3.05) is 6.61 Å². The van der Waals surface area contributed by atoms with Crippen molar-refractivity contribution in [2.45, 2.75) is 33.2 Å². The van der Waals surface area contributed by atoms with Gasteiger partial charge in [-0.2, -0.15) is 0 Å². The molecule has 2 N–H and O–H groups in total. The minimum Gasteiger partial charge on any atom is -0.502 e. The Morgan fingerprint density at radius 3 is 1.80 bits per heavy atom. The molecule has 0 atom stereocenters. The van der Waals surface area contributed by atoms with Crippen LogP contribution in [0.15, 0.2) is 12.8 Å². The Balaban J connectivity index is 0. The molecule has 0 aromatic carbocycles.